The topological polar surface area (TPSA) is 51.2 Å². The van der Waals surface area contributed by atoms with Crippen molar-refractivity contribution in [1.29, 1.82) is 0 Å². The lowest BCUT2D eigenvalue weighted by atomic mass is 10.0. The standard InChI is InChI=1S/C15H16ClF3O3S/c1-9-7-13(23(21,22)10-5-3-2-4-6-10)12(15(17,18)19)8-11(9)14(16)20/h7-8,10H,2-6H2,1H3. The van der Waals surface area contributed by atoms with Gasteiger partial charge in [0.05, 0.1) is 15.7 Å². The van der Waals surface area contributed by atoms with Crippen molar-refractivity contribution in [2.45, 2.75) is 55.3 Å². The van der Waals surface area contributed by atoms with E-state index in [-0.39, 0.29) is 11.1 Å². The molecule has 0 amide bonds. The Kier molecular flexibility index (Phi) is 5.11. The highest BCUT2D eigenvalue weighted by Crippen LogP contribution is 2.39. The Bertz CT molecular complexity index is 720. The van der Waals surface area contributed by atoms with E-state index in [2.05, 4.69) is 0 Å². The summed E-state index contributed by atoms with van der Waals surface area (Å²) in [5.41, 5.74) is -1.54. The smallest absolute Gasteiger partial charge is 0.276 e. The Labute approximate surface area is 137 Å². The van der Waals surface area contributed by atoms with Crippen LogP contribution in [0.4, 0.5) is 13.2 Å². The van der Waals surface area contributed by atoms with E-state index in [1.807, 2.05) is 0 Å². The Morgan fingerprint density at radius 3 is 2.22 bits per heavy atom. The average molecular weight is 369 g/mol. The molecule has 1 aliphatic rings. The van der Waals surface area contributed by atoms with E-state index in [1.165, 1.54) is 6.92 Å². The minimum Gasteiger partial charge on any atom is -0.276 e. The number of halogens is 4. The van der Waals surface area contributed by atoms with Crippen LogP contribution < -0.4 is 0 Å². The number of aryl methyl sites for hydroxylation is 1. The maximum Gasteiger partial charge on any atom is 0.417 e. The zero-order chi connectivity index (χ0) is 17.4. The predicted molar refractivity (Wildman–Crippen MR) is 80.4 cm³/mol. The van der Waals surface area contributed by atoms with E-state index in [9.17, 15) is 26.4 Å². The highest BCUT2D eigenvalue weighted by Gasteiger charge is 2.41. The minimum atomic E-state index is -4.88. The number of hydrogen-bond donors (Lipinski definition) is 0. The molecule has 1 saturated carbocycles. The van der Waals surface area contributed by atoms with Crippen LogP contribution in [0.25, 0.3) is 0 Å². The molecule has 0 heterocycles. The quantitative estimate of drug-likeness (QED) is 0.738. The molecule has 0 unspecified atom stereocenters. The fourth-order valence-corrected chi connectivity index (χ4v) is 5.24. The Morgan fingerprint density at radius 2 is 1.74 bits per heavy atom. The first-order chi connectivity index (χ1) is 10.5. The molecule has 0 N–H and O–H groups in total. The second kappa shape index (κ2) is 6.43. The molecule has 1 aromatic carbocycles. The van der Waals surface area contributed by atoms with Gasteiger partial charge in [0.2, 0.25) is 0 Å². The van der Waals surface area contributed by atoms with Gasteiger partial charge in [-0.15, -0.1) is 0 Å². The molecular weight excluding hydrogens is 353 g/mol. The van der Waals surface area contributed by atoms with Crippen molar-refractivity contribution >= 4 is 26.7 Å². The van der Waals surface area contributed by atoms with E-state index in [0.717, 1.165) is 12.5 Å². The van der Waals surface area contributed by atoms with Crippen molar-refractivity contribution < 1.29 is 26.4 Å². The second-order valence-corrected chi connectivity index (χ2v) is 8.28. The number of benzene rings is 1. The third-order valence-corrected chi connectivity index (χ3v) is 6.64. The molecule has 23 heavy (non-hydrogen) atoms. The number of carbonyl (C=O) groups is 1. The molecule has 1 aromatic rings. The van der Waals surface area contributed by atoms with Gasteiger partial charge in [0, 0.05) is 5.56 Å². The van der Waals surface area contributed by atoms with Crippen LogP contribution in [0.2, 0.25) is 0 Å². The number of alkyl halides is 3. The van der Waals surface area contributed by atoms with Crippen LogP contribution in [-0.2, 0) is 16.0 Å². The Morgan fingerprint density at radius 1 is 1.17 bits per heavy atom. The van der Waals surface area contributed by atoms with E-state index in [0.29, 0.717) is 31.7 Å². The highest BCUT2D eigenvalue weighted by molar-refractivity contribution is 7.92. The summed E-state index contributed by atoms with van der Waals surface area (Å²) < 4.78 is 65.2. The first-order valence-electron chi connectivity index (χ1n) is 7.20. The molecule has 1 aliphatic carbocycles. The van der Waals surface area contributed by atoms with Crippen LogP contribution in [0, 0.1) is 6.92 Å². The van der Waals surface area contributed by atoms with Gasteiger partial charge in [0.1, 0.15) is 0 Å². The number of sulfone groups is 1. The van der Waals surface area contributed by atoms with Gasteiger partial charge in [-0.1, -0.05) is 19.3 Å². The van der Waals surface area contributed by atoms with Gasteiger partial charge in [-0.05, 0) is 49.1 Å². The van der Waals surface area contributed by atoms with Crippen LogP contribution in [0.3, 0.4) is 0 Å². The molecular formula is C15H16ClF3O3S. The van der Waals surface area contributed by atoms with Crippen molar-refractivity contribution in [3.05, 3.63) is 28.8 Å². The first kappa shape index (κ1) is 18.3. The summed E-state index contributed by atoms with van der Waals surface area (Å²) in [6.07, 6.45) is -1.92. The van der Waals surface area contributed by atoms with Gasteiger partial charge < -0.3 is 0 Å². The summed E-state index contributed by atoms with van der Waals surface area (Å²) in [4.78, 5) is 10.5. The van der Waals surface area contributed by atoms with Crippen molar-refractivity contribution in [2.75, 3.05) is 0 Å². The summed E-state index contributed by atoms with van der Waals surface area (Å²) in [6.45, 7) is 1.37. The monoisotopic (exact) mass is 368 g/mol. The van der Waals surface area contributed by atoms with Gasteiger partial charge in [0.15, 0.2) is 9.84 Å². The van der Waals surface area contributed by atoms with E-state index in [1.54, 1.807) is 0 Å². The minimum absolute atomic E-state index is 0.118. The maximum absolute atomic E-state index is 13.3. The normalized spacial score (nSPS) is 17.3. The largest absolute Gasteiger partial charge is 0.417 e. The Hall–Kier alpha value is -1.08. The number of hydrogen-bond acceptors (Lipinski definition) is 3. The molecule has 2 rings (SSSR count). The van der Waals surface area contributed by atoms with Gasteiger partial charge >= 0.3 is 6.18 Å². The lowest BCUT2D eigenvalue weighted by molar-refractivity contribution is -0.139. The zero-order valence-corrected chi connectivity index (χ0v) is 14.0. The fraction of sp³-hybridized carbons (Fsp3) is 0.533. The summed E-state index contributed by atoms with van der Waals surface area (Å²) in [7, 11) is -4.12. The molecule has 0 aliphatic heterocycles. The molecule has 0 atom stereocenters. The van der Waals surface area contributed by atoms with Gasteiger partial charge in [-0.25, -0.2) is 8.42 Å². The Balaban J connectivity index is 2.65. The van der Waals surface area contributed by atoms with Crippen LogP contribution in [-0.4, -0.2) is 18.9 Å². The molecule has 0 spiro atoms. The highest BCUT2D eigenvalue weighted by atomic mass is 35.5. The summed E-state index contributed by atoms with van der Waals surface area (Å²) in [5, 5.41) is -1.86. The molecule has 1 fully saturated rings. The van der Waals surface area contributed by atoms with Gasteiger partial charge in [-0.2, -0.15) is 13.2 Å². The molecule has 8 heteroatoms. The zero-order valence-electron chi connectivity index (χ0n) is 12.4. The van der Waals surface area contributed by atoms with Crippen LogP contribution in [0.1, 0.15) is 53.6 Å². The predicted octanol–water partition coefficient (Wildman–Crippen LogP) is 4.50. The molecule has 0 saturated heterocycles. The molecule has 128 valence electrons. The molecule has 0 bridgehead atoms. The molecule has 3 nitrogen and oxygen atoms in total. The van der Waals surface area contributed by atoms with Crippen molar-refractivity contribution in [2.24, 2.45) is 0 Å². The summed E-state index contributed by atoms with van der Waals surface area (Å²) in [5.74, 6) is 0. The average Bonchev–Trinajstić information content (AvgIpc) is 2.46. The van der Waals surface area contributed by atoms with Crippen LogP contribution in [0.5, 0.6) is 0 Å². The van der Waals surface area contributed by atoms with Gasteiger partial charge in [-0.3, -0.25) is 4.79 Å². The summed E-state index contributed by atoms with van der Waals surface area (Å²) in [6, 6.07) is 1.46. The van der Waals surface area contributed by atoms with E-state index < -0.39 is 37.0 Å². The maximum atomic E-state index is 13.3. The lowest BCUT2D eigenvalue weighted by Crippen LogP contribution is -2.27. The van der Waals surface area contributed by atoms with E-state index in [4.69, 9.17) is 11.6 Å². The lowest BCUT2D eigenvalue weighted by Gasteiger charge is -2.24. The number of rotatable bonds is 3. The molecule has 0 aromatic heterocycles. The van der Waals surface area contributed by atoms with Crippen molar-refractivity contribution in [1.82, 2.24) is 0 Å². The van der Waals surface area contributed by atoms with Crippen LogP contribution in [0.15, 0.2) is 17.0 Å². The van der Waals surface area contributed by atoms with Crippen molar-refractivity contribution in [3.63, 3.8) is 0 Å². The van der Waals surface area contributed by atoms with Crippen LogP contribution >= 0.6 is 11.6 Å². The SMILES string of the molecule is Cc1cc(S(=O)(=O)C2CCCCC2)c(C(F)(F)F)cc1C(=O)Cl. The third kappa shape index (κ3) is 3.71. The van der Waals surface area contributed by atoms with E-state index >= 15 is 0 Å². The first-order valence-corrected chi connectivity index (χ1v) is 9.13. The number of carbonyl (C=O) groups excluding carboxylic acids is 1. The third-order valence-electron chi connectivity index (χ3n) is 4.14. The van der Waals surface area contributed by atoms with Gasteiger partial charge in [0.25, 0.3) is 5.24 Å². The van der Waals surface area contributed by atoms with Crippen molar-refractivity contribution in [3.8, 4) is 0 Å². The molecule has 0 radical (unpaired) electrons. The fourth-order valence-electron chi connectivity index (χ4n) is 2.91. The second-order valence-electron chi connectivity index (χ2n) is 5.74. The summed E-state index contributed by atoms with van der Waals surface area (Å²) >= 11 is 5.29.